The van der Waals surface area contributed by atoms with Gasteiger partial charge in [-0.3, -0.25) is 0 Å². The Bertz CT molecular complexity index is 1220. The van der Waals surface area contributed by atoms with Gasteiger partial charge in [-0.05, 0) is 41.5 Å². The van der Waals surface area contributed by atoms with Crippen LogP contribution in [-0.2, 0) is 32.0 Å². The standard InChI is InChI=1S/C34H48N2O6/c1-9-10-11-12-13-20-36(23-25-16-14-24(15-17-25)22-33(2,3)4)30(29-31(37)41-34(5,6)42-32(29)38)35-27-19-18-26(39-7)21-28(27)40-8/h14-19,21,35H,9-13,20,22-23H2,1-8H3. The van der Waals surface area contributed by atoms with Gasteiger partial charge in [0.1, 0.15) is 17.3 Å². The second-order valence-corrected chi connectivity index (χ2v) is 12.5. The predicted octanol–water partition coefficient (Wildman–Crippen LogP) is 7.22. The lowest BCUT2D eigenvalue weighted by atomic mass is 9.88. The molecule has 0 amide bonds. The minimum Gasteiger partial charge on any atom is -0.497 e. The van der Waals surface area contributed by atoms with Gasteiger partial charge >= 0.3 is 11.9 Å². The van der Waals surface area contributed by atoms with E-state index in [2.05, 4.69) is 57.3 Å². The van der Waals surface area contributed by atoms with Crippen molar-refractivity contribution in [2.45, 2.75) is 92.4 Å². The van der Waals surface area contributed by atoms with Gasteiger partial charge in [0.05, 0.1) is 19.9 Å². The molecule has 1 saturated heterocycles. The molecule has 0 saturated carbocycles. The molecule has 2 aromatic carbocycles. The molecule has 230 valence electrons. The third kappa shape index (κ3) is 9.43. The van der Waals surface area contributed by atoms with Crippen LogP contribution in [-0.4, -0.2) is 43.4 Å². The smallest absolute Gasteiger partial charge is 0.352 e. The van der Waals surface area contributed by atoms with Crippen molar-refractivity contribution in [1.82, 2.24) is 4.90 Å². The Morgan fingerprint density at radius 1 is 0.881 bits per heavy atom. The van der Waals surface area contributed by atoms with Crippen LogP contribution in [0.1, 0.15) is 84.8 Å². The molecular formula is C34H48N2O6. The maximum absolute atomic E-state index is 13.4. The van der Waals surface area contributed by atoms with Crippen molar-refractivity contribution in [2.24, 2.45) is 5.41 Å². The maximum Gasteiger partial charge on any atom is 0.352 e. The van der Waals surface area contributed by atoms with E-state index >= 15 is 0 Å². The van der Waals surface area contributed by atoms with Crippen molar-refractivity contribution in [3.63, 3.8) is 0 Å². The molecule has 0 radical (unpaired) electrons. The van der Waals surface area contributed by atoms with E-state index in [0.717, 1.165) is 44.1 Å². The molecule has 42 heavy (non-hydrogen) atoms. The van der Waals surface area contributed by atoms with Gasteiger partial charge in [0.2, 0.25) is 0 Å². The zero-order valence-electron chi connectivity index (χ0n) is 26.6. The molecule has 1 N–H and O–H groups in total. The summed E-state index contributed by atoms with van der Waals surface area (Å²) in [5.41, 5.74) is 2.90. The van der Waals surface area contributed by atoms with Gasteiger partial charge in [0.15, 0.2) is 5.57 Å². The molecule has 0 aromatic heterocycles. The number of anilines is 1. The molecule has 0 atom stereocenters. The Kier molecular flexibility index (Phi) is 11.3. The first-order valence-electron chi connectivity index (χ1n) is 14.9. The Labute approximate surface area is 251 Å². The molecule has 0 spiro atoms. The second kappa shape index (κ2) is 14.5. The molecule has 2 aromatic rings. The summed E-state index contributed by atoms with van der Waals surface area (Å²) in [6, 6.07) is 13.9. The number of esters is 2. The minimum absolute atomic E-state index is 0.176. The van der Waals surface area contributed by atoms with E-state index < -0.39 is 17.7 Å². The fourth-order valence-electron chi connectivity index (χ4n) is 4.95. The second-order valence-electron chi connectivity index (χ2n) is 12.5. The lowest BCUT2D eigenvalue weighted by Crippen LogP contribution is -2.44. The molecule has 1 fully saturated rings. The summed E-state index contributed by atoms with van der Waals surface area (Å²) in [6.45, 7) is 13.0. The summed E-state index contributed by atoms with van der Waals surface area (Å²) < 4.78 is 22.0. The van der Waals surface area contributed by atoms with Crippen LogP contribution >= 0.6 is 0 Å². The Morgan fingerprint density at radius 2 is 1.50 bits per heavy atom. The molecule has 8 nitrogen and oxygen atoms in total. The monoisotopic (exact) mass is 580 g/mol. The number of methoxy groups -OCH3 is 2. The number of carbonyl (C=O) groups is 2. The number of hydrogen-bond acceptors (Lipinski definition) is 8. The zero-order chi connectivity index (χ0) is 30.9. The topological polar surface area (TPSA) is 86.3 Å². The fourth-order valence-corrected chi connectivity index (χ4v) is 4.95. The van der Waals surface area contributed by atoms with Gasteiger partial charge in [0.25, 0.3) is 5.79 Å². The van der Waals surface area contributed by atoms with E-state index in [4.69, 9.17) is 18.9 Å². The molecule has 1 heterocycles. The molecule has 8 heteroatoms. The van der Waals surface area contributed by atoms with E-state index in [9.17, 15) is 9.59 Å². The highest BCUT2D eigenvalue weighted by atomic mass is 16.7. The van der Waals surface area contributed by atoms with Gasteiger partial charge in [-0.25, -0.2) is 9.59 Å². The average molecular weight is 581 g/mol. The molecular weight excluding hydrogens is 532 g/mol. The van der Waals surface area contributed by atoms with Crippen molar-refractivity contribution in [3.8, 4) is 11.5 Å². The number of unbranched alkanes of at least 4 members (excludes halogenated alkanes) is 4. The van der Waals surface area contributed by atoms with Crippen molar-refractivity contribution in [2.75, 3.05) is 26.1 Å². The van der Waals surface area contributed by atoms with E-state index in [1.165, 1.54) is 5.56 Å². The quantitative estimate of drug-likeness (QED) is 0.108. The predicted molar refractivity (Wildman–Crippen MR) is 165 cm³/mol. The molecule has 3 rings (SSSR count). The van der Waals surface area contributed by atoms with E-state index in [1.54, 1.807) is 46.3 Å². The van der Waals surface area contributed by atoms with E-state index in [0.29, 0.717) is 36.1 Å². The van der Waals surface area contributed by atoms with Gasteiger partial charge in [-0.15, -0.1) is 0 Å². The number of benzene rings is 2. The van der Waals surface area contributed by atoms with E-state index in [-0.39, 0.29) is 11.0 Å². The van der Waals surface area contributed by atoms with Gasteiger partial charge in [-0.2, -0.15) is 0 Å². The minimum atomic E-state index is -1.35. The number of ether oxygens (including phenoxy) is 4. The molecule has 0 aliphatic carbocycles. The van der Waals surface area contributed by atoms with E-state index in [1.807, 2.05) is 4.90 Å². The lowest BCUT2D eigenvalue weighted by Gasteiger charge is -2.34. The van der Waals surface area contributed by atoms with Crippen molar-refractivity contribution in [3.05, 3.63) is 65.0 Å². The highest BCUT2D eigenvalue weighted by molar-refractivity contribution is 6.16. The highest BCUT2D eigenvalue weighted by Crippen LogP contribution is 2.34. The summed E-state index contributed by atoms with van der Waals surface area (Å²) in [7, 11) is 3.14. The third-order valence-corrected chi connectivity index (χ3v) is 6.96. The van der Waals surface area contributed by atoms with Crippen LogP contribution < -0.4 is 14.8 Å². The fraction of sp³-hybridized carbons (Fsp3) is 0.529. The number of nitrogens with zero attached hydrogens (tertiary/aromatic N) is 1. The van der Waals surface area contributed by atoms with Crippen LogP contribution in [0.5, 0.6) is 11.5 Å². The summed E-state index contributed by atoms with van der Waals surface area (Å²) >= 11 is 0. The van der Waals surface area contributed by atoms with Crippen LogP contribution in [0.3, 0.4) is 0 Å². The summed E-state index contributed by atoms with van der Waals surface area (Å²) in [6.07, 6.45) is 6.32. The Morgan fingerprint density at radius 3 is 2.07 bits per heavy atom. The number of nitrogens with one attached hydrogen (secondary N) is 1. The van der Waals surface area contributed by atoms with Crippen LogP contribution in [0.15, 0.2) is 53.9 Å². The Balaban J connectivity index is 2.06. The van der Waals surface area contributed by atoms with Gasteiger partial charge in [-0.1, -0.05) is 77.6 Å². The molecule has 1 aliphatic heterocycles. The summed E-state index contributed by atoms with van der Waals surface area (Å²) in [4.78, 5) is 28.7. The number of hydrogen-bond donors (Lipinski definition) is 1. The van der Waals surface area contributed by atoms with Crippen molar-refractivity contribution in [1.29, 1.82) is 0 Å². The lowest BCUT2D eigenvalue weighted by molar-refractivity contribution is -0.222. The maximum atomic E-state index is 13.4. The molecule has 0 unspecified atom stereocenters. The van der Waals surface area contributed by atoms with Crippen LogP contribution in [0.2, 0.25) is 0 Å². The van der Waals surface area contributed by atoms with Crippen molar-refractivity contribution < 1.29 is 28.5 Å². The number of rotatable bonds is 14. The molecule has 0 bridgehead atoms. The van der Waals surface area contributed by atoms with Crippen LogP contribution in [0.4, 0.5) is 5.69 Å². The van der Waals surface area contributed by atoms with Crippen LogP contribution in [0, 0.1) is 5.41 Å². The molecule has 1 aliphatic rings. The van der Waals surface area contributed by atoms with Crippen LogP contribution in [0.25, 0.3) is 0 Å². The third-order valence-electron chi connectivity index (χ3n) is 6.96. The normalized spacial score (nSPS) is 14.6. The Hall–Kier alpha value is -3.68. The zero-order valence-corrected chi connectivity index (χ0v) is 26.6. The summed E-state index contributed by atoms with van der Waals surface area (Å²) in [5, 5.41) is 3.35. The number of cyclic esters (lactones) is 2. The largest absolute Gasteiger partial charge is 0.497 e. The first kappa shape index (κ1) is 32.8. The van der Waals surface area contributed by atoms with Crippen molar-refractivity contribution >= 4 is 17.6 Å². The SMILES string of the molecule is CCCCCCCN(Cc1ccc(CC(C)(C)C)cc1)C(Nc1ccc(OC)cc1OC)=C1C(=O)OC(C)(C)OC1=O. The van der Waals surface area contributed by atoms with Gasteiger partial charge in [0, 0.05) is 33.0 Å². The summed E-state index contributed by atoms with van der Waals surface area (Å²) in [5.74, 6) is -1.38. The average Bonchev–Trinajstić information content (AvgIpc) is 2.91. The number of carbonyl (C=O) groups excluding carboxylic acids is 2. The first-order chi connectivity index (χ1) is 19.9. The first-order valence-corrected chi connectivity index (χ1v) is 14.9. The van der Waals surface area contributed by atoms with Gasteiger partial charge < -0.3 is 29.2 Å². The highest BCUT2D eigenvalue weighted by Gasteiger charge is 2.42.